The van der Waals surface area contributed by atoms with Crippen LogP contribution >= 0.6 is 0 Å². The third-order valence-corrected chi connectivity index (χ3v) is 4.02. The fourth-order valence-electron chi connectivity index (χ4n) is 2.75. The van der Waals surface area contributed by atoms with Crippen LogP contribution in [0.5, 0.6) is 0 Å². The Morgan fingerprint density at radius 1 is 1.09 bits per heavy atom. The number of carbonyl (C=O) groups excluding carboxylic acids is 1. The molecule has 1 aliphatic heterocycles. The first-order chi connectivity index (χ1) is 11.2. The van der Waals surface area contributed by atoms with Crippen molar-refractivity contribution in [3.63, 3.8) is 0 Å². The molecule has 1 aliphatic rings. The Hall–Kier alpha value is -2.33. The minimum Gasteiger partial charge on any atom is -0.378 e. The average molecular weight is 310 g/mol. The van der Waals surface area contributed by atoms with E-state index in [4.69, 9.17) is 4.74 Å². The van der Waals surface area contributed by atoms with Crippen LogP contribution < -0.4 is 10.2 Å². The summed E-state index contributed by atoms with van der Waals surface area (Å²) in [7, 11) is 0. The summed E-state index contributed by atoms with van der Waals surface area (Å²) in [5, 5.41) is 3.05. The van der Waals surface area contributed by atoms with Crippen molar-refractivity contribution in [2.45, 2.75) is 13.3 Å². The molecule has 0 radical (unpaired) electrons. The maximum Gasteiger partial charge on any atom is 0.228 e. The molecule has 4 nitrogen and oxygen atoms in total. The Bertz CT molecular complexity index is 661. The lowest BCUT2D eigenvalue weighted by Gasteiger charge is -2.30. The van der Waals surface area contributed by atoms with E-state index in [0.717, 1.165) is 43.2 Å². The molecule has 2 aromatic carbocycles. The highest BCUT2D eigenvalue weighted by Crippen LogP contribution is 2.26. The van der Waals surface area contributed by atoms with Gasteiger partial charge in [-0.25, -0.2) is 0 Å². The number of benzene rings is 2. The van der Waals surface area contributed by atoms with Crippen LogP contribution in [-0.4, -0.2) is 32.2 Å². The van der Waals surface area contributed by atoms with Crippen molar-refractivity contribution in [2.75, 3.05) is 36.5 Å². The van der Waals surface area contributed by atoms with Crippen molar-refractivity contribution >= 4 is 17.3 Å². The van der Waals surface area contributed by atoms with Crippen LogP contribution in [0, 0.1) is 6.92 Å². The normalized spacial score (nSPS) is 14.6. The number of rotatable bonds is 4. The molecule has 0 unspecified atom stereocenters. The second-order valence-corrected chi connectivity index (χ2v) is 5.83. The van der Waals surface area contributed by atoms with Crippen LogP contribution in [0.2, 0.25) is 0 Å². The number of morpholine rings is 1. The predicted octanol–water partition coefficient (Wildman–Crippen LogP) is 3.01. The molecule has 1 heterocycles. The van der Waals surface area contributed by atoms with Gasteiger partial charge >= 0.3 is 0 Å². The van der Waals surface area contributed by atoms with Crippen molar-refractivity contribution in [3.8, 4) is 0 Å². The molecule has 2 aromatic rings. The third-order valence-electron chi connectivity index (χ3n) is 4.02. The van der Waals surface area contributed by atoms with E-state index in [9.17, 15) is 4.79 Å². The molecule has 4 heteroatoms. The highest BCUT2D eigenvalue weighted by molar-refractivity contribution is 5.95. The summed E-state index contributed by atoms with van der Waals surface area (Å²) < 4.78 is 5.40. The molecule has 0 atom stereocenters. The molecular formula is C19H22N2O2. The molecule has 23 heavy (non-hydrogen) atoms. The van der Waals surface area contributed by atoms with E-state index >= 15 is 0 Å². The topological polar surface area (TPSA) is 41.6 Å². The van der Waals surface area contributed by atoms with Gasteiger partial charge in [-0.05, 0) is 24.6 Å². The molecular weight excluding hydrogens is 288 g/mol. The van der Waals surface area contributed by atoms with Gasteiger partial charge in [0.1, 0.15) is 0 Å². The maximum absolute atomic E-state index is 12.3. The van der Waals surface area contributed by atoms with Crippen molar-refractivity contribution < 1.29 is 9.53 Å². The van der Waals surface area contributed by atoms with E-state index in [2.05, 4.69) is 10.2 Å². The monoisotopic (exact) mass is 310 g/mol. The zero-order valence-electron chi connectivity index (χ0n) is 13.4. The average Bonchev–Trinajstić information content (AvgIpc) is 2.58. The smallest absolute Gasteiger partial charge is 0.228 e. The van der Waals surface area contributed by atoms with Gasteiger partial charge in [-0.2, -0.15) is 0 Å². The molecule has 3 rings (SSSR count). The number of ether oxygens (including phenoxy) is 1. The van der Waals surface area contributed by atoms with E-state index in [-0.39, 0.29) is 5.91 Å². The van der Waals surface area contributed by atoms with Crippen LogP contribution in [0.3, 0.4) is 0 Å². The zero-order valence-corrected chi connectivity index (χ0v) is 13.4. The Labute approximate surface area is 137 Å². The number of nitrogens with zero attached hydrogens (tertiary/aromatic N) is 1. The van der Waals surface area contributed by atoms with Gasteiger partial charge in [0.15, 0.2) is 0 Å². The molecule has 1 N–H and O–H groups in total. The molecule has 120 valence electrons. The summed E-state index contributed by atoms with van der Waals surface area (Å²) in [5.41, 5.74) is 4.16. The molecule has 0 spiro atoms. The summed E-state index contributed by atoms with van der Waals surface area (Å²) in [5.74, 6) is 0.00885. The van der Waals surface area contributed by atoms with Crippen molar-refractivity contribution in [3.05, 3.63) is 59.7 Å². The Morgan fingerprint density at radius 3 is 2.52 bits per heavy atom. The number of anilines is 2. The lowest BCUT2D eigenvalue weighted by atomic mass is 10.1. The summed E-state index contributed by atoms with van der Waals surface area (Å²) in [6, 6.07) is 16.0. The van der Waals surface area contributed by atoms with Crippen molar-refractivity contribution in [1.82, 2.24) is 0 Å². The van der Waals surface area contributed by atoms with Gasteiger partial charge in [0.25, 0.3) is 0 Å². The first kappa shape index (κ1) is 15.6. The molecule has 1 fully saturated rings. The quantitative estimate of drug-likeness (QED) is 0.944. The highest BCUT2D eigenvalue weighted by Gasteiger charge is 2.15. The molecule has 0 saturated carbocycles. The zero-order chi connectivity index (χ0) is 16.1. The number of carbonyl (C=O) groups is 1. The number of aryl methyl sites for hydroxylation is 1. The van der Waals surface area contributed by atoms with Crippen LogP contribution in [-0.2, 0) is 16.0 Å². The number of hydrogen-bond acceptors (Lipinski definition) is 3. The second-order valence-electron chi connectivity index (χ2n) is 5.83. The summed E-state index contributed by atoms with van der Waals surface area (Å²) in [4.78, 5) is 14.6. The second kappa shape index (κ2) is 7.29. The Balaban J connectivity index is 1.69. The van der Waals surface area contributed by atoms with E-state index in [1.54, 1.807) is 0 Å². The van der Waals surface area contributed by atoms with Gasteiger partial charge in [-0.3, -0.25) is 4.79 Å². The minimum absolute atomic E-state index is 0.00885. The summed E-state index contributed by atoms with van der Waals surface area (Å²) in [6.07, 6.45) is 0.387. The van der Waals surface area contributed by atoms with E-state index in [0.29, 0.717) is 6.42 Å². The van der Waals surface area contributed by atoms with Crippen LogP contribution in [0.25, 0.3) is 0 Å². The van der Waals surface area contributed by atoms with E-state index in [1.165, 1.54) is 5.56 Å². The van der Waals surface area contributed by atoms with E-state index in [1.807, 2.05) is 55.5 Å². The van der Waals surface area contributed by atoms with Crippen LogP contribution in [0.4, 0.5) is 11.4 Å². The van der Waals surface area contributed by atoms with Gasteiger partial charge < -0.3 is 15.0 Å². The number of amides is 1. The first-order valence-corrected chi connectivity index (χ1v) is 7.99. The molecule has 0 aromatic heterocycles. The summed E-state index contributed by atoms with van der Waals surface area (Å²) in [6.45, 7) is 5.20. The lowest BCUT2D eigenvalue weighted by Crippen LogP contribution is -2.36. The fourth-order valence-corrected chi connectivity index (χ4v) is 2.75. The molecule has 1 amide bonds. The maximum atomic E-state index is 12.3. The van der Waals surface area contributed by atoms with Gasteiger partial charge in [0.05, 0.1) is 31.0 Å². The number of nitrogens with one attached hydrogen (secondary N) is 1. The van der Waals surface area contributed by atoms with Gasteiger partial charge in [-0.15, -0.1) is 0 Å². The highest BCUT2D eigenvalue weighted by atomic mass is 16.5. The van der Waals surface area contributed by atoms with Gasteiger partial charge in [-0.1, -0.05) is 42.0 Å². The lowest BCUT2D eigenvalue weighted by molar-refractivity contribution is -0.115. The summed E-state index contributed by atoms with van der Waals surface area (Å²) >= 11 is 0. The number of para-hydroxylation sites is 2. The van der Waals surface area contributed by atoms with Crippen LogP contribution in [0.15, 0.2) is 48.5 Å². The first-order valence-electron chi connectivity index (χ1n) is 7.99. The Kier molecular flexibility index (Phi) is 4.93. The van der Waals surface area contributed by atoms with Crippen molar-refractivity contribution in [2.24, 2.45) is 0 Å². The Morgan fingerprint density at radius 2 is 1.78 bits per heavy atom. The SMILES string of the molecule is Cc1ccc(CC(=O)Nc2ccccc2N2CCOCC2)cc1. The van der Waals surface area contributed by atoms with Crippen LogP contribution in [0.1, 0.15) is 11.1 Å². The fraction of sp³-hybridized carbons (Fsp3) is 0.316. The minimum atomic E-state index is 0.00885. The molecule has 0 aliphatic carbocycles. The van der Waals surface area contributed by atoms with Gasteiger partial charge in [0, 0.05) is 13.1 Å². The van der Waals surface area contributed by atoms with E-state index < -0.39 is 0 Å². The standard InChI is InChI=1S/C19H22N2O2/c1-15-6-8-16(9-7-15)14-19(22)20-17-4-2-3-5-18(17)21-10-12-23-13-11-21/h2-9H,10-14H2,1H3,(H,20,22). The number of hydrogen-bond donors (Lipinski definition) is 1. The molecule has 0 bridgehead atoms. The molecule has 1 saturated heterocycles. The third kappa shape index (κ3) is 4.11. The predicted molar refractivity (Wildman–Crippen MR) is 93.0 cm³/mol. The largest absolute Gasteiger partial charge is 0.378 e. The van der Waals surface area contributed by atoms with Crippen molar-refractivity contribution in [1.29, 1.82) is 0 Å². The van der Waals surface area contributed by atoms with Gasteiger partial charge in [0.2, 0.25) is 5.91 Å².